The van der Waals surface area contributed by atoms with Crippen LogP contribution in [0.15, 0.2) is 11.1 Å². The Morgan fingerprint density at radius 2 is 1.97 bits per heavy atom. The highest BCUT2D eigenvalue weighted by Crippen LogP contribution is 2.31. The van der Waals surface area contributed by atoms with E-state index in [-0.39, 0.29) is 24.1 Å². The number of alkyl carbamates (subject to hydrolysis) is 1. The molecule has 1 saturated heterocycles. The molecule has 1 aliphatic rings. The summed E-state index contributed by atoms with van der Waals surface area (Å²) < 4.78 is 19.3. The number of fused-ring (bicyclic) bond motifs is 2. The average molecular weight is 508 g/mol. The van der Waals surface area contributed by atoms with Crippen molar-refractivity contribution in [1.82, 2.24) is 28.8 Å². The van der Waals surface area contributed by atoms with Gasteiger partial charge in [-0.1, -0.05) is 0 Å². The van der Waals surface area contributed by atoms with Gasteiger partial charge in [0.15, 0.2) is 17.4 Å². The highest BCUT2D eigenvalue weighted by molar-refractivity contribution is 5.81. The Morgan fingerprint density at radius 3 is 2.58 bits per heavy atom. The first-order valence-corrected chi connectivity index (χ1v) is 11.1. The lowest BCUT2D eigenvalue weighted by Crippen LogP contribution is -2.41. The van der Waals surface area contributed by atoms with Crippen LogP contribution in [0.3, 0.4) is 0 Å². The van der Waals surface area contributed by atoms with Crippen molar-refractivity contribution in [3.63, 3.8) is 0 Å². The number of aliphatic hydroxyl groups excluding tert-OH is 3. The minimum absolute atomic E-state index is 0.0543. The number of aryl methyl sites for hydroxylation is 3. The molecule has 15 heteroatoms. The van der Waals surface area contributed by atoms with Crippen LogP contribution in [0.4, 0.5) is 4.79 Å². The van der Waals surface area contributed by atoms with E-state index in [0.717, 1.165) is 0 Å². The van der Waals surface area contributed by atoms with Crippen LogP contribution in [-0.4, -0.2) is 96.1 Å². The molecule has 196 valence electrons. The van der Waals surface area contributed by atoms with E-state index in [9.17, 15) is 29.7 Å². The first kappa shape index (κ1) is 25.6. The molecule has 0 aliphatic carbocycles. The Bertz CT molecular complexity index is 1360. The Balaban J connectivity index is 1.75. The van der Waals surface area contributed by atoms with Crippen LogP contribution in [0.25, 0.3) is 16.9 Å². The SMILES string of the molecule is COC(=O)N[C@@H](CCc1c(C)nc2n(C)c3c(ncn3[C@H]3O[C@@H](CO)[C@H](O)[C@@H]3O)c(=O)n12)C(=O)OC. The monoisotopic (exact) mass is 508 g/mol. The fourth-order valence-corrected chi connectivity index (χ4v) is 4.49. The van der Waals surface area contributed by atoms with Crippen molar-refractivity contribution in [3.8, 4) is 0 Å². The molecule has 5 atom stereocenters. The second-order valence-corrected chi connectivity index (χ2v) is 8.45. The van der Waals surface area contributed by atoms with Gasteiger partial charge in [-0.25, -0.2) is 24.0 Å². The molecule has 4 N–H and O–H groups in total. The number of methoxy groups -OCH3 is 2. The molecular formula is C21H28N6O9. The lowest BCUT2D eigenvalue weighted by molar-refractivity contribution is -0.143. The lowest BCUT2D eigenvalue weighted by atomic mass is 10.1. The second kappa shape index (κ2) is 9.85. The molecule has 3 aromatic heterocycles. The molecule has 1 fully saturated rings. The summed E-state index contributed by atoms with van der Waals surface area (Å²) in [4.78, 5) is 46.0. The number of nitrogens with zero attached hydrogens (tertiary/aromatic N) is 5. The number of ether oxygens (including phenoxy) is 3. The summed E-state index contributed by atoms with van der Waals surface area (Å²) in [5, 5.41) is 32.4. The number of hydrogen-bond donors (Lipinski definition) is 4. The van der Waals surface area contributed by atoms with Gasteiger partial charge in [0.05, 0.1) is 38.5 Å². The summed E-state index contributed by atoms with van der Waals surface area (Å²) in [7, 11) is 4.03. The lowest BCUT2D eigenvalue weighted by Gasteiger charge is -2.18. The zero-order valence-electron chi connectivity index (χ0n) is 20.1. The molecule has 0 saturated carbocycles. The molecule has 0 aromatic carbocycles. The van der Waals surface area contributed by atoms with Crippen LogP contribution < -0.4 is 10.9 Å². The maximum absolute atomic E-state index is 13.5. The molecule has 0 bridgehead atoms. The van der Waals surface area contributed by atoms with E-state index in [4.69, 9.17) is 9.47 Å². The minimum atomic E-state index is -1.36. The fraction of sp³-hybridized carbons (Fsp3) is 0.571. The van der Waals surface area contributed by atoms with Gasteiger partial charge >= 0.3 is 12.1 Å². The van der Waals surface area contributed by atoms with E-state index in [2.05, 4.69) is 20.0 Å². The summed E-state index contributed by atoms with van der Waals surface area (Å²) in [6, 6.07) is -1.01. The van der Waals surface area contributed by atoms with E-state index in [1.54, 1.807) is 18.5 Å². The average Bonchev–Trinajstić information content (AvgIpc) is 3.54. The first-order chi connectivity index (χ1) is 17.1. The van der Waals surface area contributed by atoms with E-state index < -0.39 is 54.8 Å². The van der Waals surface area contributed by atoms with Gasteiger partial charge in [-0.05, 0) is 19.8 Å². The number of amides is 1. The van der Waals surface area contributed by atoms with Crippen molar-refractivity contribution < 1.29 is 39.1 Å². The molecule has 4 heterocycles. The smallest absolute Gasteiger partial charge is 0.407 e. The van der Waals surface area contributed by atoms with Gasteiger partial charge in [0.2, 0.25) is 5.78 Å². The number of aromatic nitrogens is 5. The van der Waals surface area contributed by atoms with Crippen LogP contribution >= 0.6 is 0 Å². The molecule has 0 spiro atoms. The Labute approximate surface area is 203 Å². The molecule has 0 unspecified atom stereocenters. The van der Waals surface area contributed by atoms with Crippen molar-refractivity contribution in [3.05, 3.63) is 28.1 Å². The number of imidazole rings is 2. The molecule has 1 aliphatic heterocycles. The Morgan fingerprint density at radius 1 is 1.25 bits per heavy atom. The van der Waals surface area contributed by atoms with E-state index >= 15 is 0 Å². The number of hydrogen-bond acceptors (Lipinski definition) is 11. The van der Waals surface area contributed by atoms with Crippen molar-refractivity contribution in [1.29, 1.82) is 0 Å². The van der Waals surface area contributed by atoms with Crippen molar-refractivity contribution in [2.45, 2.75) is 50.3 Å². The van der Waals surface area contributed by atoms with Gasteiger partial charge in [-0.15, -0.1) is 0 Å². The molecular weight excluding hydrogens is 480 g/mol. The largest absolute Gasteiger partial charge is 0.467 e. The quantitative estimate of drug-likeness (QED) is 0.261. The summed E-state index contributed by atoms with van der Waals surface area (Å²) in [5.74, 6) is -0.400. The minimum Gasteiger partial charge on any atom is -0.467 e. The summed E-state index contributed by atoms with van der Waals surface area (Å²) >= 11 is 0. The van der Waals surface area contributed by atoms with Gasteiger partial charge in [0, 0.05) is 7.05 Å². The van der Waals surface area contributed by atoms with Crippen molar-refractivity contribution in [2.75, 3.05) is 20.8 Å². The number of carbonyl (C=O) groups excluding carboxylic acids is 2. The topological polar surface area (TPSA) is 192 Å². The number of rotatable bonds is 7. The first-order valence-electron chi connectivity index (χ1n) is 11.1. The highest BCUT2D eigenvalue weighted by Gasteiger charge is 2.44. The maximum atomic E-state index is 13.5. The third-order valence-corrected chi connectivity index (χ3v) is 6.37. The zero-order chi connectivity index (χ0) is 26.3. The van der Waals surface area contributed by atoms with Gasteiger partial charge < -0.3 is 34.8 Å². The third kappa shape index (κ3) is 4.09. The molecule has 0 radical (unpaired) electrons. The predicted octanol–water partition coefficient (Wildman–Crippen LogP) is -1.87. The highest BCUT2D eigenvalue weighted by atomic mass is 16.6. The van der Waals surface area contributed by atoms with Crippen LogP contribution in [0.2, 0.25) is 0 Å². The summed E-state index contributed by atoms with van der Waals surface area (Å²) in [6.45, 7) is 1.21. The van der Waals surface area contributed by atoms with Crippen LogP contribution in [-0.2, 0) is 32.5 Å². The molecule has 1 amide bonds. The second-order valence-electron chi connectivity index (χ2n) is 8.45. The predicted molar refractivity (Wildman–Crippen MR) is 121 cm³/mol. The molecule has 15 nitrogen and oxygen atoms in total. The Hall–Kier alpha value is -3.53. The van der Waals surface area contributed by atoms with Crippen LogP contribution in [0.5, 0.6) is 0 Å². The van der Waals surface area contributed by atoms with Crippen LogP contribution in [0, 0.1) is 6.92 Å². The standard InChI is InChI=1S/C21H28N6O9/c1-9-11(6-5-10(19(32)34-3)24-21(33)35-4)27-17(31)13-16(25(2)20(27)23-9)26(8-22-13)18-15(30)14(29)12(7-28)36-18/h8,10,12,14-15,18,28-30H,5-7H2,1-4H3,(H,24,33)/t10-,12-,14-,15-,18-/m0/s1. The van der Waals surface area contributed by atoms with Gasteiger partial charge in [0.25, 0.3) is 5.56 Å². The van der Waals surface area contributed by atoms with Crippen molar-refractivity contribution >= 4 is 29.0 Å². The fourth-order valence-electron chi connectivity index (χ4n) is 4.49. The van der Waals surface area contributed by atoms with Gasteiger partial charge in [-0.3, -0.25) is 13.9 Å². The van der Waals surface area contributed by atoms with Gasteiger partial charge in [0.1, 0.15) is 24.4 Å². The third-order valence-electron chi connectivity index (χ3n) is 6.37. The molecule has 4 rings (SSSR count). The Kier molecular flexibility index (Phi) is 6.99. The van der Waals surface area contributed by atoms with E-state index in [1.807, 2.05) is 0 Å². The maximum Gasteiger partial charge on any atom is 0.407 e. The van der Waals surface area contributed by atoms with Crippen LogP contribution in [0.1, 0.15) is 24.0 Å². The number of esters is 1. The van der Waals surface area contributed by atoms with Crippen molar-refractivity contribution in [2.24, 2.45) is 7.05 Å². The zero-order valence-corrected chi connectivity index (χ0v) is 20.1. The van der Waals surface area contributed by atoms with E-state index in [0.29, 0.717) is 17.0 Å². The number of nitrogens with one attached hydrogen (secondary N) is 1. The summed E-state index contributed by atoms with van der Waals surface area (Å²) in [5.41, 5.74) is 0.888. The van der Waals surface area contributed by atoms with Gasteiger partial charge in [-0.2, -0.15) is 0 Å². The van der Waals surface area contributed by atoms with E-state index in [1.165, 1.54) is 29.5 Å². The molecule has 36 heavy (non-hydrogen) atoms. The number of aliphatic hydroxyl groups is 3. The molecule has 3 aromatic rings. The normalized spacial score (nSPS) is 22.8. The number of carbonyl (C=O) groups is 2. The summed E-state index contributed by atoms with van der Waals surface area (Å²) in [6.07, 6.45) is -3.96.